The van der Waals surface area contributed by atoms with Crippen molar-refractivity contribution >= 4 is 17.9 Å². The van der Waals surface area contributed by atoms with Gasteiger partial charge in [0.15, 0.2) is 0 Å². The van der Waals surface area contributed by atoms with Crippen molar-refractivity contribution < 1.29 is 45.0 Å². The van der Waals surface area contributed by atoms with Gasteiger partial charge in [-0.05, 0) is 116 Å². The van der Waals surface area contributed by atoms with Crippen LogP contribution in [0, 0.1) is 11.8 Å². The molecule has 0 radical (unpaired) electrons. The van der Waals surface area contributed by atoms with Crippen LogP contribution in [-0.4, -0.2) is 55.8 Å². The van der Waals surface area contributed by atoms with Crippen LogP contribution in [0.4, 0.5) is 0 Å². The SMILES string of the molecule is CC/C=C\C/C=C\C/C=C\C/C=C\C/C=C\CC#CCCCC(=O)O.CC/C=C\C[C@@H](/C=C/C=C\C/C=C\C/C=C\C/C=C\CCC(=O)O)OO.CC/C=C\C[C@@H](O)/C=C/C=C\C/C=C\C/C=C\C/C=C\CCC(=O)O. The molecule has 76 heavy (non-hydrogen) atoms. The van der Waals surface area contributed by atoms with E-state index in [1.165, 1.54) is 0 Å². The third-order valence-electron chi connectivity index (χ3n) is 9.72. The van der Waals surface area contributed by atoms with Gasteiger partial charge in [0.05, 0.1) is 6.10 Å². The fraction of sp³-hybridized carbons (Fsp3) is 0.418. The molecule has 0 aliphatic heterocycles. The normalized spacial score (nSPS) is 13.5. The van der Waals surface area contributed by atoms with Gasteiger partial charge in [-0.15, -0.1) is 5.92 Å². The summed E-state index contributed by atoms with van der Waals surface area (Å²) in [4.78, 5) is 35.4. The van der Waals surface area contributed by atoms with E-state index in [1.807, 2.05) is 79.0 Å². The maximum atomic E-state index is 10.3. The number of rotatable bonds is 42. The van der Waals surface area contributed by atoms with Crippen molar-refractivity contribution in [3.63, 3.8) is 0 Å². The lowest BCUT2D eigenvalue weighted by molar-refractivity contribution is -0.264. The number of unbranched alkanes of at least 4 members (excludes halogenated alkanes) is 1. The lowest BCUT2D eigenvalue weighted by Gasteiger charge is -2.03. The zero-order valence-corrected chi connectivity index (χ0v) is 46.4. The third-order valence-corrected chi connectivity index (χ3v) is 9.72. The van der Waals surface area contributed by atoms with Crippen molar-refractivity contribution in [1.29, 1.82) is 0 Å². The van der Waals surface area contributed by atoms with Crippen LogP contribution in [0.2, 0.25) is 0 Å². The number of aliphatic hydroxyl groups excluding tert-OH is 1. The van der Waals surface area contributed by atoms with Gasteiger partial charge >= 0.3 is 17.9 Å². The Bertz CT molecular complexity index is 1980. The quantitative estimate of drug-likeness (QED) is 0.0100. The Hall–Kier alpha value is -6.57. The predicted octanol–water partition coefficient (Wildman–Crippen LogP) is 17.9. The summed E-state index contributed by atoms with van der Waals surface area (Å²) >= 11 is 0. The van der Waals surface area contributed by atoms with Crippen LogP contribution in [0.15, 0.2) is 207 Å². The Morgan fingerprint density at radius 2 is 0.737 bits per heavy atom. The second-order valence-corrected chi connectivity index (χ2v) is 16.7. The van der Waals surface area contributed by atoms with Crippen molar-refractivity contribution in [2.45, 2.75) is 181 Å². The molecule has 0 saturated heterocycles. The third kappa shape index (κ3) is 74.0. The molecule has 0 aliphatic carbocycles. The average Bonchev–Trinajstić information content (AvgIpc) is 3.40. The lowest BCUT2D eigenvalue weighted by Crippen LogP contribution is -2.04. The van der Waals surface area contributed by atoms with E-state index in [-0.39, 0.29) is 25.4 Å². The number of allylic oxidation sites excluding steroid dienone is 30. The molecule has 0 fully saturated rings. The summed E-state index contributed by atoms with van der Waals surface area (Å²) in [5.41, 5.74) is 0. The van der Waals surface area contributed by atoms with Crippen molar-refractivity contribution in [1.82, 2.24) is 0 Å². The molecule has 0 aromatic carbocycles. The van der Waals surface area contributed by atoms with Crippen LogP contribution in [0.25, 0.3) is 0 Å². The number of carbonyl (C=O) groups is 3. The van der Waals surface area contributed by atoms with E-state index in [9.17, 15) is 19.5 Å². The second kappa shape index (κ2) is 66.4. The molecule has 0 aromatic heterocycles. The number of carboxylic acid groups (broad SMARTS) is 3. The highest BCUT2D eigenvalue weighted by atomic mass is 17.1. The number of hydrogen-bond acceptors (Lipinski definition) is 6. The summed E-state index contributed by atoms with van der Waals surface area (Å²) in [7, 11) is 0. The van der Waals surface area contributed by atoms with Gasteiger partial charge in [-0.25, -0.2) is 4.89 Å². The number of aliphatic hydroxyl groups is 1. The van der Waals surface area contributed by atoms with Crippen LogP contribution in [0.1, 0.15) is 168 Å². The van der Waals surface area contributed by atoms with Crippen molar-refractivity contribution in [3.05, 3.63) is 207 Å². The summed E-state index contributed by atoms with van der Waals surface area (Å²) in [6.45, 7) is 6.29. The minimum absolute atomic E-state index is 0.190. The van der Waals surface area contributed by atoms with Crippen molar-refractivity contribution in [3.8, 4) is 11.8 Å². The molecule has 418 valence electrons. The van der Waals surface area contributed by atoms with Crippen LogP contribution in [-0.2, 0) is 19.3 Å². The Kier molecular flexibility index (Phi) is 64.4. The zero-order valence-electron chi connectivity index (χ0n) is 46.4. The maximum Gasteiger partial charge on any atom is 0.303 e. The molecule has 5 N–H and O–H groups in total. The average molecular weight is 1050 g/mol. The van der Waals surface area contributed by atoms with E-state index in [0.29, 0.717) is 38.5 Å². The minimum Gasteiger partial charge on any atom is -0.481 e. The Morgan fingerprint density at radius 3 is 1.13 bits per heavy atom. The lowest BCUT2D eigenvalue weighted by atomic mass is 10.2. The molecule has 0 bridgehead atoms. The standard InChI is InChI=1S/C23H32O2.C22H32O4.C22H32O3/c1-2-3-4-5-6-7-8-9-10-11-12-13-14-15-16-17-18-19-20-21-22-23(24)25;1-2-3-15-18-21(26-25)19-16-13-11-9-7-5-4-6-8-10-12-14-17-20-22(23)24;1-2-3-15-18-21(23)19-16-13-11-9-7-5-4-6-8-10-12-14-17-20-22(24)25/h3-4,6-7,9-10,12-13,15-16H,2,5,8,11,14,17,20-22H2,1H3,(H,24,25);3,5-8,11-16,19,21,25H,2,4,9-10,17-18,20H2,1H3,(H,23,24);3,5-8,11-16,19,21,23H,2,4,9-10,17-18,20H2,1H3,(H,24,25)/b4-3-,7-6-,10-9-,13-12-,16-15-;2*7-5-,8-6-,13-11-,14-12-,15-3-,19-16+/t;2*21-/m.01/s1. The highest BCUT2D eigenvalue weighted by Gasteiger charge is 2.00. The van der Waals surface area contributed by atoms with Crippen molar-refractivity contribution in [2.24, 2.45) is 0 Å². The van der Waals surface area contributed by atoms with Gasteiger partial charge in [0.25, 0.3) is 0 Å². The first kappa shape index (κ1) is 73.7. The van der Waals surface area contributed by atoms with E-state index in [4.69, 9.17) is 20.6 Å². The molecular weight excluding hydrogens is 949 g/mol. The van der Waals surface area contributed by atoms with Crippen LogP contribution < -0.4 is 0 Å². The molecule has 0 aromatic rings. The number of carboxylic acids is 3. The van der Waals surface area contributed by atoms with Gasteiger partial charge in [0, 0.05) is 32.1 Å². The summed E-state index contributed by atoms with van der Waals surface area (Å²) in [6, 6.07) is 0. The minimum atomic E-state index is -0.759. The first-order chi connectivity index (χ1) is 37.1. The first-order valence-corrected chi connectivity index (χ1v) is 27.3. The fourth-order valence-corrected chi connectivity index (χ4v) is 5.69. The predicted molar refractivity (Wildman–Crippen MR) is 323 cm³/mol. The van der Waals surface area contributed by atoms with Gasteiger partial charge in [-0.1, -0.05) is 233 Å². The smallest absolute Gasteiger partial charge is 0.303 e. The highest BCUT2D eigenvalue weighted by molar-refractivity contribution is 5.67. The summed E-state index contributed by atoms with van der Waals surface area (Å²) < 4.78 is 0. The van der Waals surface area contributed by atoms with Gasteiger partial charge in [0.1, 0.15) is 6.10 Å². The molecule has 0 rings (SSSR count). The molecule has 9 nitrogen and oxygen atoms in total. The summed E-state index contributed by atoms with van der Waals surface area (Å²) in [5.74, 6) is 3.76. The molecule has 0 aliphatic rings. The molecule has 2 atom stereocenters. The summed E-state index contributed by atoms with van der Waals surface area (Å²) in [6.07, 6.45) is 86.3. The highest BCUT2D eigenvalue weighted by Crippen LogP contribution is 2.04. The first-order valence-electron chi connectivity index (χ1n) is 27.3. The molecular formula is C67H96O9. The second-order valence-electron chi connectivity index (χ2n) is 16.7. The van der Waals surface area contributed by atoms with Gasteiger partial charge in [-0.3, -0.25) is 19.6 Å². The number of aliphatic carboxylic acids is 3. The molecule has 0 saturated carbocycles. The Labute approximate surface area is 460 Å². The largest absolute Gasteiger partial charge is 0.481 e. The Balaban J connectivity index is -0.00000105. The van der Waals surface area contributed by atoms with Crippen molar-refractivity contribution in [2.75, 3.05) is 0 Å². The molecule has 0 amide bonds. The molecule has 9 heteroatoms. The van der Waals surface area contributed by atoms with E-state index in [1.54, 1.807) is 6.08 Å². The monoisotopic (exact) mass is 1040 g/mol. The topological polar surface area (TPSA) is 162 Å². The van der Waals surface area contributed by atoms with E-state index >= 15 is 0 Å². The van der Waals surface area contributed by atoms with Gasteiger partial charge < -0.3 is 20.4 Å². The molecule has 0 unspecified atom stereocenters. The van der Waals surface area contributed by atoms with Gasteiger partial charge in [-0.2, -0.15) is 0 Å². The summed E-state index contributed by atoms with van der Waals surface area (Å²) in [5, 5.41) is 43.9. The fourth-order valence-electron chi connectivity index (χ4n) is 5.69. The van der Waals surface area contributed by atoms with E-state index in [0.717, 1.165) is 89.9 Å². The zero-order chi connectivity index (χ0) is 56.3. The van der Waals surface area contributed by atoms with Crippen LogP contribution in [0.5, 0.6) is 0 Å². The molecule has 0 heterocycles. The molecule has 0 spiro atoms. The van der Waals surface area contributed by atoms with Crippen LogP contribution in [0.3, 0.4) is 0 Å². The van der Waals surface area contributed by atoms with Crippen LogP contribution >= 0.6 is 0 Å². The van der Waals surface area contributed by atoms with E-state index in [2.05, 4.69) is 159 Å². The van der Waals surface area contributed by atoms with E-state index < -0.39 is 24.0 Å². The van der Waals surface area contributed by atoms with Gasteiger partial charge in [0.2, 0.25) is 0 Å². The maximum absolute atomic E-state index is 10.3. The Morgan fingerprint density at radius 1 is 0.395 bits per heavy atom. The number of hydrogen-bond donors (Lipinski definition) is 5.